The van der Waals surface area contributed by atoms with Crippen LogP contribution in [0, 0.1) is 6.92 Å². The van der Waals surface area contributed by atoms with Gasteiger partial charge in [0.2, 0.25) is 0 Å². The lowest BCUT2D eigenvalue weighted by Crippen LogP contribution is -2.23. The van der Waals surface area contributed by atoms with Gasteiger partial charge in [-0.3, -0.25) is 4.79 Å². The first-order valence-electron chi connectivity index (χ1n) is 6.55. The minimum absolute atomic E-state index is 0.132. The predicted octanol–water partition coefficient (Wildman–Crippen LogP) is 4.04. The van der Waals surface area contributed by atoms with Crippen LogP contribution in [0.1, 0.15) is 35.4 Å². The molecule has 0 bridgehead atoms. The Kier molecular flexibility index (Phi) is 5.02. The summed E-state index contributed by atoms with van der Waals surface area (Å²) in [5.41, 5.74) is 1.92. The van der Waals surface area contributed by atoms with E-state index in [1.54, 1.807) is 6.07 Å². The Labute approximate surface area is 121 Å². The molecule has 1 heterocycles. The lowest BCUT2D eigenvalue weighted by molar-refractivity contribution is 0.0927. The van der Waals surface area contributed by atoms with Gasteiger partial charge in [-0.15, -0.1) is 0 Å². The zero-order valence-corrected chi connectivity index (χ0v) is 12.6. The van der Waals surface area contributed by atoms with Crippen LogP contribution in [-0.4, -0.2) is 17.8 Å². The molecule has 0 aliphatic carbocycles. The standard InChI is InChI=1S/C15H18BrNO2/c1-11-5-6-13-12(9-11)10-14(19-13)15(18)17-8-4-2-3-7-16/h5-6,9-10H,2-4,7-8H2,1H3,(H,17,18). The maximum Gasteiger partial charge on any atom is 0.287 e. The summed E-state index contributed by atoms with van der Waals surface area (Å²) in [6.07, 6.45) is 3.25. The predicted molar refractivity (Wildman–Crippen MR) is 80.9 cm³/mol. The fourth-order valence-electron chi connectivity index (χ4n) is 1.96. The van der Waals surface area contributed by atoms with Crippen LogP contribution in [0.4, 0.5) is 0 Å². The average molecular weight is 324 g/mol. The van der Waals surface area contributed by atoms with Gasteiger partial charge in [-0.05, 0) is 38.0 Å². The third-order valence-electron chi connectivity index (χ3n) is 2.99. The molecule has 1 aromatic carbocycles. The highest BCUT2D eigenvalue weighted by Gasteiger charge is 2.11. The molecule has 1 aromatic heterocycles. The van der Waals surface area contributed by atoms with Crippen molar-refractivity contribution in [1.82, 2.24) is 5.32 Å². The largest absolute Gasteiger partial charge is 0.451 e. The van der Waals surface area contributed by atoms with Crippen molar-refractivity contribution in [3.8, 4) is 0 Å². The number of unbranched alkanes of at least 4 members (excludes halogenated alkanes) is 2. The summed E-state index contributed by atoms with van der Waals surface area (Å²) in [4.78, 5) is 11.9. The third-order valence-corrected chi connectivity index (χ3v) is 3.55. The molecular formula is C15H18BrNO2. The second-order valence-electron chi connectivity index (χ2n) is 4.66. The molecule has 1 N–H and O–H groups in total. The number of rotatable bonds is 6. The number of hydrogen-bond acceptors (Lipinski definition) is 2. The van der Waals surface area contributed by atoms with Crippen molar-refractivity contribution in [2.45, 2.75) is 26.2 Å². The second kappa shape index (κ2) is 6.75. The fraction of sp³-hybridized carbons (Fsp3) is 0.400. The molecule has 0 aliphatic heterocycles. The number of benzene rings is 1. The van der Waals surface area contributed by atoms with E-state index >= 15 is 0 Å². The first-order valence-corrected chi connectivity index (χ1v) is 7.67. The molecule has 0 saturated heterocycles. The number of halogens is 1. The van der Waals surface area contributed by atoms with Gasteiger partial charge in [0.05, 0.1) is 0 Å². The van der Waals surface area contributed by atoms with Gasteiger partial charge >= 0.3 is 0 Å². The van der Waals surface area contributed by atoms with Crippen LogP contribution < -0.4 is 5.32 Å². The van der Waals surface area contributed by atoms with Crippen molar-refractivity contribution in [1.29, 1.82) is 0 Å². The smallest absolute Gasteiger partial charge is 0.287 e. The molecule has 0 unspecified atom stereocenters. The molecule has 4 heteroatoms. The molecule has 1 amide bonds. The molecule has 0 atom stereocenters. The molecule has 2 rings (SSSR count). The minimum Gasteiger partial charge on any atom is -0.451 e. The lowest BCUT2D eigenvalue weighted by Gasteiger charge is -2.01. The molecule has 2 aromatic rings. The Morgan fingerprint density at radius 1 is 1.26 bits per heavy atom. The first-order chi connectivity index (χ1) is 9.20. The summed E-state index contributed by atoms with van der Waals surface area (Å²) in [5.74, 6) is 0.258. The number of furan rings is 1. The van der Waals surface area contributed by atoms with E-state index in [-0.39, 0.29) is 5.91 Å². The summed E-state index contributed by atoms with van der Waals surface area (Å²) in [6.45, 7) is 2.72. The van der Waals surface area contributed by atoms with E-state index in [1.807, 2.05) is 25.1 Å². The summed E-state index contributed by atoms with van der Waals surface area (Å²) >= 11 is 3.39. The van der Waals surface area contributed by atoms with Gasteiger partial charge in [0.25, 0.3) is 5.91 Å². The van der Waals surface area contributed by atoms with Crippen LogP contribution in [0.3, 0.4) is 0 Å². The van der Waals surface area contributed by atoms with Gasteiger partial charge in [0, 0.05) is 17.3 Å². The Morgan fingerprint density at radius 3 is 2.89 bits per heavy atom. The van der Waals surface area contributed by atoms with Gasteiger partial charge in [-0.2, -0.15) is 0 Å². The summed E-state index contributed by atoms with van der Waals surface area (Å²) in [5, 5.41) is 4.88. The van der Waals surface area contributed by atoms with E-state index in [4.69, 9.17) is 4.42 Å². The maximum absolute atomic E-state index is 11.9. The van der Waals surface area contributed by atoms with E-state index in [0.717, 1.165) is 41.1 Å². The van der Waals surface area contributed by atoms with Crippen LogP contribution in [-0.2, 0) is 0 Å². The maximum atomic E-state index is 11.9. The topological polar surface area (TPSA) is 42.2 Å². The normalized spacial score (nSPS) is 10.8. The highest BCUT2D eigenvalue weighted by atomic mass is 79.9. The number of nitrogens with one attached hydrogen (secondary N) is 1. The van der Waals surface area contributed by atoms with Crippen LogP contribution in [0.2, 0.25) is 0 Å². The zero-order valence-electron chi connectivity index (χ0n) is 11.0. The lowest BCUT2D eigenvalue weighted by atomic mass is 10.2. The van der Waals surface area contributed by atoms with Crippen molar-refractivity contribution in [3.63, 3.8) is 0 Å². The number of alkyl halides is 1. The Balaban J connectivity index is 1.94. The van der Waals surface area contributed by atoms with Crippen LogP contribution in [0.25, 0.3) is 11.0 Å². The minimum atomic E-state index is -0.132. The van der Waals surface area contributed by atoms with Gasteiger partial charge in [0.1, 0.15) is 5.58 Å². The monoisotopic (exact) mass is 323 g/mol. The van der Waals surface area contributed by atoms with Gasteiger partial charge in [0.15, 0.2) is 5.76 Å². The third kappa shape index (κ3) is 3.83. The number of aryl methyl sites for hydroxylation is 1. The van der Waals surface area contributed by atoms with E-state index in [1.165, 1.54) is 0 Å². The number of carbonyl (C=O) groups excluding carboxylic acids is 1. The SMILES string of the molecule is Cc1ccc2oc(C(=O)NCCCCCBr)cc2c1. The van der Waals surface area contributed by atoms with E-state index in [0.29, 0.717) is 12.3 Å². The number of carbonyl (C=O) groups is 1. The fourth-order valence-corrected chi connectivity index (χ4v) is 2.36. The number of amides is 1. The Hall–Kier alpha value is -1.29. The van der Waals surface area contributed by atoms with Crippen molar-refractivity contribution >= 4 is 32.8 Å². The molecule has 0 saturated carbocycles. The van der Waals surface area contributed by atoms with E-state index < -0.39 is 0 Å². The summed E-state index contributed by atoms with van der Waals surface area (Å²) < 4.78 is 5.54. The molecule has 3 nitrogen and oxygen atoms in total. The number of hydrogen-bond donors (Lipinski definition) is 1. The van der Waals surface area contributed by atoms with E-state index in [9.17, 15) is 4.79 Å². The zero-order chi connectivity index (χ0) is 13.7. The average Bonchev–Trinajstić information content (AvgIpc) is 2.81. The highest BCUT2D eigenvalue weighted by molar-refractivity contribution is 9.09. The van der Waals surface area contributed by atoms with Gasteiger partial charge < -0.3 is 9.73 Å². The van der Waals surface area contributed by atoms with Crippen molar-refractivity contribution in [2.75, 3.05) is 11.9 Å². The second-order valence-corrected chi connectivity index (χ2v) is 5.45. The van der Waals surface area contributed by atoms with Crippen LogP contribution in [0.5, 0.6) is 0 Å². The first kappa shape index (κ1) is 14.1. The van der Waals surface area contributed by atoms with E-state index in [2.05, 4.69) is 21.2 Å². The molecule has 0 aliphatic rings. The molecule has 102 valence electrons. The summed E-state index contributed by atoms with van der Waals surface area (Å²) in [7, 11) is 0. The van der Waals surface area contributed by atoms with Gasteiger partial charge in [-0.1, -0.05) is 34.0 Å². The molecule has 19 heavy (non-hydrogen) atoms. The van der Waals surface area contributed by atoms with Crippen molar-refractivity contribution < 1.29 is 9.21 Å². The van der Waals surface area contributed by atoms with Gasteiger partial charge in [-0.25, -0.2) is 0 Å². The Bertz CT molecular complexity index is 562. The molecule has 0 spiro atoms. The van der Waals surface area contributed by atoms with Crippen molar-refractivity contribution in [3.05, 3.63) is 35.6 Å². The van der Waals surface area contributed by atoms with Crippen LogP contribution in [0.15, 0.2) is 28.7 Å². The van der Waals surface area contributed by atoms with Crippen molar-refractivity contribution in [2.24, 2.45) is 0 Å². The molecule has 0 radical (unpaired) electrons. The molecule has 0 fully saturated rings. The molecular weight excluding hydrogens is 306 g/mol. The summed E-state index contributed by atoms with van der Waals surface area (Å²) in [6, 6.07) is 7.70. The Morgan fingerprint density at radius 2 is 2.11 bits per heavy atom. The quantitative estimate of drug-likeness (QED) is 0.644. The van der Waals surface area contributed by atoms with Crippen LogP contribution >= 0.6 is 15.9 Å². The highest BCUT2D eigenvalue weighted by Crippen LogP contribution is 2.20. The number of fused-ring (bicyclic) bond motifs is 1.